The summed E-state index contributed by atoms with van der Waals surface area (Å²) in [5.74, 6) is 6.78. The van der Waals surface area contributed by atoms with Crippen molar-refractivity contribution in [3.63, 3.8) is 0 Å². The fourth-order valence-corrected chi connectivity index (χ4v) is 3.88. The Labute approximate surface area is 166 Å². The van der Waals surface area contributed by atoms with Gasteiger partial charge in [-0.25, -0.2) is 0 Å². The van der Waals surface area contributed by atoms with Crippen molar-refractivity contribution in [2.45, 2.75) is 129 Å². The maximum absolute atomic E-state index is 6.63. The highest BCUT2D eigenvalue weighted by Gasteiger charge is 2.38. The van der Waals surface area contributed by atoms with Gasteiger partial charge in [0.05, 0.1) is 0 Å². The van der Waals surface area contributed by atoms with Crippen LogP contribution in [-0.4, -0.2) is 14.4 Å². The summed E-state index contributed by atoms with van der Waals surface area (Å²) in [6, 6.07) is 0. The molecule has 0 spiro atoms. The fraction of sp³-hybridized carbons (Fsp3) is 0.833. The van der Waals surface area contributed by atoms with Gasteiger partial charge in [-0.1, -0.05) is 98.0 Å². The average Bonchev–Trinajstić information content (AvgIpc) is 2.55. The van der Waals surface area contributed by atoms with Crippen molar-refractivity contribution in [1.82, 2.24) is 0 Å². The smallest absolute Gasteiger partial charge is 0.193 e. The van der Waals surface area contributed by atoms with E-state index in [4.69, 9.17) is 4.43 Å². The Hall–Kier alpha value is -0.523. The summed E-state index contributed by atoms with van der Waals surface area (Å²) in [6.07, 6.45) is 13.8. The molecule has 0 aromatic carbocycles. The summed E-state index contributed by atoms with van der Waals surface area (Å²) in [6.45, 7) is 20.3. The topological polar surface area (TPSA) is 9.23 Å². The van der Waals surface area contributed by atoms with Gasteiger partial charge in [0.15, 0.2) is 8.32 Å². The zero-order valence-electron chi connectivity index (χ0n) is 19.0. The molecular weight excluding hydrogens is 332 g/mol. The minimum absolute atomic E-state index is 0.0740. The molecule has 1 unspecified atom stereocenters. The minimum atomic E-state index is -1.78. The van der Waals surface area contributed by atoms with Crippen molar-refractivity contribution in [3.05, 3.63) is 12.2 Å². The minimum Gasteiger partial charge on any atom is -0.403 e. The van der Waals surface area contributed by atoms with Crippen LogP contribution in [0, 0.1) is 11.8 Å². The van der Waals surface area contributed by atoms with Crippen molar-refractivity contribution < 1.29 is 4.43 Å². The lowest BCUT2D eigenvalue weighted by Gasteiger charge is -2.38. The number of allylic oxidation sites excluding steroid dienone is 1. The Morgan fingerprint density at radius 3 is 2.00 bits per heavy atom. The van der Waals surface area contributed by atoms with E-state index in [1.54, 1.807) is 0 Å². The molecule has 26 heavy (non-hydrogen) atoms. The van der Waals surface area contributed by atoms with E-state index in [0.717, 1.165) is 18.4 Å². The predicted molar refractivity (Wildman–Crippen MR) is 121 cm³/mol. The molecule has 0 radical (unpaired) electrons. The first-order valence-corrected chi connectivity index (χ1v) is 13.9. The third kappa shape index (κ3) is 12.0. The fourth-order valence-electron chi connectivity index (χ4n) is 2.64. The van der Waals surface area contributed by atoms with Crippen LogP contribution in [0.25, 0.3) is 0 Å². The molecule has 0 N–H and O–H groups in total. The molecule has 0 aliphatic rings. The number of unbranched alkanes of at least 4 members (excludes halogenated alkanes) is 7. The highest BCUT2D eigenvalue weighted by atomic mass is 28.4. The lowest BCUT2D eigenvalue weighted by atomic mass is 10.1. The molecular formula is C24H46OSi. The van der Waals surface area contributed by atoms with E-state index in [1.165, 1.54) is 57.8 Å². The number of hydrogen-bond acceptors (Lipinski definition) is 1. The van der Waals surface area contributed by atoms with Crippen molar-refractivity contribution in [2.24, 2.45) is 0 Å². The lowest BCUT2D eigenvalue weighted by molar-refractivity contribution is 0.219. The summed E-state index contributed by atoms with van der Waals surface area (Å²) in [4.78, 5) is 0. The quantitative estimate of drug-likeness (QED) is 0.178. The van der Waals surface area contributed by atoms with Gasteiger partial charge in [-0.15, -0.1) is 0 Å². The summed E-state index contributed by atoms with van der Waals surface area (Å²) in [5, 5.41) is 0.228. The van der Waals surface area contributed by atoms with E-state index in [1.807, 2.05) is 0 Å². The molecule has 0 heterocycles. The van der Waals surface area contributed by atoms with E-state index >= 15 is 0 Å². The van der Waals surface area contributed by atoms with Crippen LogP contribution in [0.5, 0.6) is 0 Å². The van der Waals surface area contributed by atoms with Crippen LogP contribution in [-0.2, 0) is 4.43 Å². The van der Waals surface area contributed by atoms with Crippen LogP contribution >= 0.6 is 0 Å². The van der Waals surface area contributed by atoms with Crippen LogP contribution in [0.3, 0.4) is 0 Å². The van der Waals surface area contributed by atoms with Crippen LogP contribution < -0.4 is 0 Å². The Morgan fingerprint density at radius 1 is 0.923 bits per heavy atom. The van der Waals surface area contributed by atoms with Crippen LogP contribution in [0.15, 0.2) is 12.2 Å². The molecule has 0 aromatic rings. The van der Waals surface area contributed by atoms with Gasteiger partial charge >= 0.3 is 0 Å². The van der Waals surface area contributed by atoms with Gasteiger partial charge in [0.1, 0.15) is 6.10 Å². The second-order valence-electron chi connectivity index (χ2n) is 9.25. The van der Waals surface area contributed by atoms with Gasteiger partial charge in [0.2, 0.25) is 0 Å². The van der Waals surface area contributed by atoms with E-state index in [9.17, 15) is 0 Å². The molecule has 0 aliphatic carbocycles. The van der Waals surface area contributed by atoms with Gasteiger partial charge in [-0.05, 0) is 49.4 Å². The molecule has 0 aromatic heterocycles. The molecule has 152 valence electrons. The Kier molecular flexibility index (Phi) is 13.3. The van der Waals surface area contributed by atoms with E-state index in [2.05, 4.69) is 66.1 Å². The lowest BCUT2D eigenvalue weighted by Crippen LogP contribution is -2.43. The number of hydrogen-bond donors (Lipinski definition) is 0. The molecule has 1 atom stereocenters. The SMILES string of the molecule is C=C(C#CC(CCCCCCC)O[Si](C)(C)C(C)(C)C)CCCCCC. The summed E-state index contributed by atoms with van der Waals surface area (Å²) in [5.41, 5.74) is 1.08. The van der Waals surface area contributed by atoms with Crippen molar-refractivity contribution in [1.29, 1.82) is 0 Å². The molecule has 0 aliphatic heterocycles. The Morgan fingerprint density at radius 2 is 1.46 bits per heavy atom. The maximum Gasteiger partial charge on any atom is 0.193 e. The largest absolute Gasteiger partial charge is 0.403 e. The van der Waals surface area contributed by atoms with Gasteiger partial charge in [0.25, 0.3) is 0 Å². The zero-order chi connectivity index (χ0) is 20.1. The van der Waals surface area contributed by atoms with Gasteiger partial charge in [0, 0.05) is 0 Å². The summed E-state index contributed by atoms with van der Waals surface area (Å²) >= 11 is 0. The molecule has 1 nitrogen and oxygen atoms in total. The molecule has 2 heteroatoms. The van der Waals surface area contributed by atoms with Crippen LogP contribution in [0.2, 0.25) is 18.1 Å². The highest BCUT2D eigenvalue weighted by molar-refractivity contribution is 6.74. The first-order valence-electron chi connectivity index (χ1n) is 11.0. The van der Waals surface area contributed by atoms with Crippen LogP contribution in [0.4, 0.5) is 0 Å². The van der Waals surface area contributed by atoms with Gasteiger partial charge in [-0.2, -0.15) is 0 Å². The normalized spacial score (nSPS) is 13.2. The van der Waals surface area contributed by atoms with Crippen molar-refractivity contribution in [3.8, 4) is 11.8 Å². The molecule has 0 bridgehead atoms. The highest BCUT2D eigenvalue weighted by Crippen LogP contribution is 2.37. The Balaban J connectivity index is 4.72. The molecule has 0 saturated carbocycles. The van der Waals surface area contributed by atoms with E-state index in [-0.39, 0.29) is 11.1 Å². The van der Waals surface area contributed by atoms with Crippen LogP contribution in [0.1, 0.15) is 105 Å². The molecule has 0 saturated heterocycles. The van der Waals surface area contributed by atoms with Gasteiger partial charge in [-0.3, -0.25) is 0 Å². The number of rotatable bonds is 13. The standard InChI is InChI=1S/C24H46OSi/c1-9-11-13-15-17-19-23(25-26(7,8)24(4,5)6)21-20-22(3)18-16-14-12-10-2/h23H,3,9-19H2,1-2,4-8H3. The van der Waals surface area contributed by atoms with E-state index < -0.39 is 8.32 Å². The monoisotopic (exact) mass is 378 g/mol. The summed E-state index contributed by atoms with van der Waals surface area (Å²) in [7, 11) is -1.78. The first-order chi connectivity index (χ1) is 12.1. The second-order valence-corrected chi connectivity index (χ2v) is 14.0. The van der Waals surface area contributed by atoms with Crippen molar-refractivity contribution in [2.75, 3.05) is 0 Å². The average molecular weight is 379 g/mol. The maximum atomic E-state index is 6.63. The first kappa shape index (κ1) is 25.5. The van der Waals surface area contributed by atoms with Gasteiger partial charge < -0.3 is 4.43 Å². The van der Waals surface area contributed by atoms with Crippen molar-refractivity contribution >= 4 is 8.32 Å². The zero-order valence-corrected chi connectivity index (χ0v) is 20.0. The van der Waals surface area contributed by atoms with E-state index in [0.29, 0.717) is 0 Å². The Bertz CT molecular complexity index is 433. The molecule has 0 amide bonds. The second kappa shape index (κ2) is 13.6. The molecule has 0 fully saturated rings. The molecule has 0 rings (SSSR count). The third-order valence-corrected chi connectivity index (χ3v) is 10.0. The summed E-state index contributed by atoms with van der Waals surface area (Å²) < 4.78 is 6.63. The third-order valence-electron chi connectivity index (χ3n) is 5.55. The predicted octanol–water partition coefficient (Wildman–Crippen LogP) is 8.27.